The van der Waals surface area contributed by atoms with E-state index in [2.05, 4.69) is 54.7 Å². The lowest BCUT2D eigenvalue weighted by atomic mass is 10.1. The molecule has 8 heteroatoms. The summed E-state index contributed by atoms with van der Waals surface area (Å²) in [5.41, 5.74) is 3.12. The summed E-state index contributed by atoms with van der Waals surface area (Å²) in [5, 5.41) is 5.47. The zero-order valence-corrected chi connectivity index (χ0v) is 18.4. The van der Waals surface area contributed by atoms with Crippen LogP contribution in [0.2, 0.25) is 0 Å². The molecule has 33 heavy (non-hydrogen) atoms. The Labute approximate surface area is 193 Å². The molecule has 3 heterocycles. The first-order valence-corrected chi connectivity index (χ1v) is 11.1. The summed E-state index contributed by atoms with van der Waals surface area (Å²) in [7, 11) is 0. The minimum Gasteiger partial charge on any atom is -0.369 e. The average molecular weight is 445 g/mol. The number of carbonyl (C=O) groups is 2. The first kappa shape index (κ1) is 22.4. The second-order valence-electron chi connectivity index (χ2n) is 7.91. The van der Waals surface area contributed by atoms with Gasteiger partial charge in [-0.1, -0.05) is 24.3 Å². The predicted octanol–water partition coefficient (Wildman–Crippen LogP) is 1.77. The van der Waals surface area contributed by atoms with Gasteiger partial charge in [0, 0.05) is 69.7 Å². The maximum absolute atomic E-state index is 12.4. The number of hydrogen-bond donors (Lipinski definition) is 2. The molecule has 1 aliphatic rings. The molecule has 1 saturated heterocycles. The van der Waals surface area contributed by atoms with Crippen LogP contribution in [0.3, 0.4) is 0 Å². The molecule has 3 aromatic rings. The van der Waals surface area contributed by atoms with Gasteiger partial charge in [0.1, 0.15) is 0 Å². The molecule has 4 rings (SSSR count). The van der Waals surface area contributed by atoms with Crippen LogP contribution in [-0.4, -0.2) is 59.4 Å². The minimum absolute atomic E-state index is 0.0615. The lowest BCUT2D eigenvalue weighted by Gasteiger charge is -2.40. The number of pyridine rings is 2. The molecule has 0 bridgehead atoms. The molecule has 0 aliphatic carbocycles. The molecule has 0 radical (unpaired) electrons. The summed E-state index contributed by atoms with van der Waals surface area (Å²) in [6.07, 6.45) is 6.86. The van der Waals surface area contributed by atoms with Crippen molar-refractivity contribution in [2.45, 2.75) is 12.6 Å². The Hall–Kier alpha value is -3.78. The molecule has 2 aromatic heterocycles. The summed E-state index contributed by atoms with van der Waals surface area (Å²) in [4.78, 5) is 37.6. The third-order valence-electron chi connectivity index (χ3n) is 5.81. The average Bonchev–Trinajstić information content (AvgIpc) is 2.89. The molecule has 1 atom stereocenters. The van der Waals surface area contributed by atoms with Gasteiger partial charge in [-0.05, 0) is 41.5 Å². The number of nitrogens with zero attached hydrogens (tertiary/aromatic N) is 4. The second-order valence-corrected chi connectivity index (χ2v) is 7.91. The topological polar surface area (TPSA) is 90.5 Å². The van der Waals surface area contributed by atoms with Gasteiger partial charge in [0.25, 0.3) is 0 Å². The van der Waals surface area contributed by atoms with Crippen molar-refractivity contribution in [3.05, 3.63) is 90.5 Å². The van der Waals surface area contributed by atoms with Crippen LogP contribution < -0.4 is 15.5 Å². The zero-order chi connectivity index (χ0) is 22.9. The second kappa shape index (κ2) is 11.2. The van der Waals surface area contributed by atoms with E-state index in [1.807, 2.05) is 24.4 Å². The molecule has 2 N–H and O–H groups in total. The SMILES string of the molecule is O=C(NCc1ccncc1)C(=O)NC[C@H](c1cccnc1)N1CCN(c2ccccc2)CC1. The largest absolute Gasteiger partial charge is 0.369 e. The lowest BCUT2D eigenvalue weighted by molar-refractivity contribution is -0.139. The van der Waals surface area contributed by atoms with E-state index in [-0.39, 0.29) is 12.6 Å². The van der Waals surface area contributed by atoms with Crippen molar-refractivity contribution < 1.29 is 9.59 Å². The van der Waals surface area contributed by atoms with Crippen molar-refractivity contribution in [3.8, 4) is 0 Å². The Morgan fingerprint density at radius 1 is 0.818 bits per heavy atom. The molecule has 0 unspecified atom stereocenters. The van der Waals surface area contributed by atoms with Gasteiger partial charge < -0.3 is 15.5 Å². The van der Waals surface area contributed by atoms with Crippen molar-refractivity contribution in [3.63, 3.8) is 0 Å². The highest BCUT2D eigenvalue weighted by atomic mass is 16.2. The highest BCUT2D eigenvalue weighted by Crippen LogP contribution is 2.23. The Morgan fingerprint density at radius 3 is 2.24 bits per heavy atom. The number of piperazine rings is 1. The minimum atomic E-state index is -0.648. The summed E-state index contributed by atoms with van der Waals surface area (Å²) < 4.78 is 0. The highest BCUT2D eigenvalue weighted by Gasteiger charge is 2.26. The van der Waals surface area contributed by atoms with Crippen LogP contribution in [0.15, 0.2) is 79.4 Å². The van der Waals surface area contributed by atoms with E-state index in [4.69, 9.17) is 0 Å². The van der Waals surface area contributed by atoms with Gasteiger partial charge in [0.2, 0.25) is 0 Å². The number of carbonyl (C=O) groups excluding carboxylic acids is 2. The van der Waals surface area contributed by atoms with Crippen LogP contribution >= 0.6 is 0 Å². The lowest BCUT2D eigenvalue weighted by Crippen LogP contribution is -2.50. The number of para-hydroxylation sites is 1. The molecule has 1 fully saturated rings. The molecule has 1 aromatic carbocycles. The van der Waals surface area contributed by atoms with E-state index >= 15 is 0 Å². The van der Waals surface area contributed by atoms with E-state index in [9.17, 15) is 9.59 Å². The van der Waals surface area contributed by atoms with E-state index in [1.54, 1.807) is 30.7 Å². The van der Waals surface area contributed by atoms with Crippen LogP contribution in [0.1, 0.15) is 17.2 Å². The van der Waals surface area contributed by atoms with E-state index < -0.39 is 11.8 Å². The van der Waals surface area contributed by atoms with E-state index in [0.717, 1.165) is 37.3 Å². The van der Waals surface area contributed by atoms with E-state index in [0.29, 0.717) is 6.54 Å². The number of nitrogens with one attached hydrogen (secondary N) is 2. The van der Waals surface area contributed by atoms with Crippen LogP contribution in [-0.2, 0) is 16.1 Å². The highest BCUT2D eigenvalue weighted by molar-refractivity contribution is 6.35. The van der Waals surface area contributed by atoms with Crippen molar-refractivity contribution in [2.75, 3.05) is 37.6 Å². The van der Waals surface area contributed by atoms with Crippen molar-refractivity contribution >= 4 is 17.5 Å². The Morgan fingerprint density at radius 2 is 1.55 bits per heavy atom. The summed E-state index contributed by atoms with van der Waals surface area (Å²) in [6, 6.07) is 17.8. The third kappa shape index (κ3) is 6.14. The quantitative estimate of drug-likeness (QED) is 0.540. The summed E-state index contributed by atoms with van der Waals surface area (Å²) in [6.45, 7) is 4.08. The van der Waals surface area contributed by atoms with Gasteiger partial charge in [-0.2, -0.15) is 0 Å². The monoisotopic (exact) mass is 444 g/mol. The van der Waals surface area contributed by atoms with Crippen LogP contribution in [0.4, 0.5) is 5.69 Å². The van der Waals surface area contributed by atoms with Crippen LogP contribution in [0, 0.1) is 0 Å². The first-order valence-electron chi connectivity index (χ1n) is 11.1. The van der Waals surface area contributed by atoms with Gasteiger partial charge >= 0.3 is 11.8 Å². The molecule has 0 spiro atoms. The molecule has 8 nitrogen and oxygen atoms in total. The van der Waals surface area contributed by atoms with Gasteiger partial charge in [-0.25, -0.2) is 0 Å². The fraction of sp³-hybridized carbons (Fsp3) is 0.280. The zero-order valence-electron chi connectivity index (χ0n) is 18.4. The number of hydrogen-bond acceptors (Lipinski definition) is 6. The number of anilines is 1. The molecule has 1 aliphatic heterocycles. The summed E-state index contributed by atoms with van der Waals surface area (Å²) >= 11 is 0. The van der Waals surface area contributed by atoms with Gasteiger partial charge in [0.05, 0.1) is 6.04 Å². The van der Waals surface area contributed by atoms with Crippen LogP contribution in [0.5, 0.6) is 0 Å². The van der Waals surface area contributed by atoms with Gasteiger partial charge in [0.15, 0.2) is 0 Å². The number of amides is 2. The number of benzene rings is 1. The van der Waals surface area contributed by atoms with Gasteiger partial charge in [-0.15, -0.1) is 0 Å². The number of aromatic nitrogens is 2. The normalized spacial score (nSPS) is 15.0. The Bertz CT molecular complexity index is 1020. The van der Waals surface area contributed by atoms with E-state index in [1.165, 1.54) is 5.69 Å². The van der Waals surface area contributed by atoms with Crippen molar-refractivity contribution in [2.24, 2.45) is 0 Å². The Kier molecular flexibility index (Phi) is 7.60. The molecule has 0 saturated carbocycles. The van der Waals surface area contributed by atoms with Crippen molar-refractivity contribution in [1.29, 1.82) is 0 Å². The molecular weight excluding hydrogens is 416 g/mol. The molecular formula is C25H28N6O2. The fourth-order valence-corrected chi connectivity index (χ4v) is 3.99. The molecule has 170 valence electrons. The maximum atomic E-state index is 12.4. The molecule has 2 amide bonds. The maximum Gasteiger partial charge on any atom is 0.309 e. The third-order valence-corrected chi connectivity index (χ3v) is 5.81. The standard InChI is InChI=1S/C25H28N6O2/c32-24(28-17-20-8-11-26-12-9-20)25(33)29-19-23(21-5-4-10-27-18-21)31-15-13-30(14-16-31)22-6-2-1-3-7-22/h1-12,18,23H,13-17,19H2,(H,28,32)(H,29,33)/t23-/m1/s1. The number of rotatable bonds is 7. The Balaban J connectivity index is 1.34. The summed E-state index contributed by atoms with van der Waals surface area (Å²) in [5.74, 6) is -1.29. The van der Waals surface area contributed by atoms with Crippen LogP contribution in [0.25, 0.3) is 0 Å². The smallest absolute Gasteiger partial charge is 0.309 e. The fourth-order valence-electron chi connectivity index (χ4n) is 3.99. The first-order chi connectivity index (χ1) is 16.2. The van der Waals surface area contributed by atoms with Crippen molar-refractivity contribution in [1.82, 2.24) is 25.5 Å². The van der Waals surface area contributed by atoms with Gasteiger partial charge in [-0.3, -0.25) is 24.5 Å². The predicted molar refractivity (Wildman–Crippen MR) is 126 cm³/mol.